The smallest absolute Gasteiger partial charge is 0.191 e. The highest BCUT2D eigenvalue weighted by Crippen LogP contribution is 2.18. The van der Waals surface area contributed by atoms with Crippen molar-refractivity contribution in [3.8, 4) is 5.75 Å². The number of nitrogens with one attached hydrogen (secondary N) is 2. The van der Waals surface area contributed by atoms with Crippen LogP contribution >= 0.6 is 12.2 Å². The van der Waals surface area contributed by atoms with Gasteiger partial charge in [0.15, 0.2) is 5.11 Å². The summed E-state index contributed by atoms with van der Waals surface area (Å²) in [4.78, 5) is 0. The SMILES string of the molecule is Cc1cccc(NC(=S)NN=Cc2cccc(OCc3ccccc3)c2)c1C. The Bertz CT molecular complexity index is 971. The maximum Gasteiger partial charge on any atom is 0.191 e. The summed E-state index contributed by atoms with van der Waals surface area (Å²) in [5.41, 5.74) is 8.26. The molecule has 142 valence electrons. The molecule has 0 bridgehead atoms. The van der Waals surface area contributed by atoms with Gasteiger partial charge in [0.2, 0.25) is 0 Å². The molecular formula is C23H23N3OS. The molecule has 3 aromatic carbocycles. The molecule has 0 aromatic heterocycles. The average molecular weight is 390 g/mol. The van der Waals surface area contributed by atoms with E-state index in [1.807, 2.05) is 66.7 Å². The van der Waals surface area contributed by atoms with Crippen LogP contribution in [0.15, 0.2) is 77.9 Å². The van der Waals surface area contributed by atoms with Crippen LogP contribution in [0.2, 0.25) is 0 Å². The van der Waals surface area contributed by atoms with E-state index in [1.165, 1.54) is 11.1 Å². The lowest BCUT2D eigenvalue weighted by Gasteiger charge is -2.11. The number of benzene rings is 3. The van der Waals surface area contributed by atoms with Gasteiger partial charge in [0.1, 0.15) is 12.4 Å². The Balaban J connectivity index is 1.54. The molecule has 2 N–H and O–H groups in total. The van der Waals surface area contributed by atoms with Crippen molar-refractivity contribution >= 4 is 29.2 Å². The fourth-order valence-electron chi connectivity index (χ4n) is 2.63. The van der Waals surface area contributed by atoms with Crippen LogP contribution in [0.4, 0.5) is 5.69 Å². The van der Waals surface area contributed by atoms with Crippen molar-refractivity contribution < 1.29 is 4.74 Å². The predicted octanol–water partition coefficient (Wildman–Crippen LogP) is 5.20. The van der Waals surface area contributed by atoms with Crippen LogP contribution in [-0.2, 0) is 6.61 Å². The van der Waals surface area contributed by atoms with Gasteiger partial charge >= 0.3 is 0 Å². The lowest BCUT2D eigenvalue weighted by molar-refractivity contribution is 0.306. The van der Waals surface area contributed by atoms with Gasteiger partial charge in [-0.15, -0.1) is 0 Å². The molecule has 0 radical (unpaired) electrons. The number of hydrogen-bond acceptors (Lipinski definition) is 3. The second-order valence-corrected chi connectivity index (χ2v) is 6.83. The molecule has 0 saturated carbocycles. The molecule has 28 heavy (non-hydrogen) atoms. The van der Waals surface area contributed by atoms with Gasteiger partial charge in [-0.25, -0.2) is 0 Å². The molecule has 0 aliphatic rings. The van der Waals surface area contributed by atoms with E-state index in [1.54, 1.807) is 6.21 Å². The van der Waals surface area contributed by atoms with Crippen LogP contribution in [0.25, 0.3) is 0 Å². The summed E-state index contributed by atoms with van der Waals surface area (Å²) in [6, 6.07) is 23.9. The van der Waals surface area contributed by atoms with Crippen LogP contribution in [0.3, 0.4) is 0 Å². The number of anilines is 1. The first kappa shape index (κ1) is 19.6. The van der Waals surface area contributed by atoms with Crippen molar-refractivity contribution in [2.24, 2.45) is 5.10 Å². The van der Waals surface area contributed by atoms with Crippen molar-refractivity contribution in [2.75, 3.05) is 5.32 Å². The number of aryl methyl sites for hydroxylation is 1. The Morgan fingerprint density at radius 3 is 2.61 bits per heavy atom. The number of hydrogen-bond donors (Lipinski definition) is 2. The van der Waals surface area contributed by atoms with E-state index in [0.717, 1.165) is 22.6 Å². The zero-order chi connectivity index (χ0) is 19.8. The van der Waals surface area contributed by atoms with Crippen LogP contribution in [0.1, 0.15) is 22.3 Å². The topological polar surface area (TPSA) is 45.7 Å². The van der Waals surface area contributed by atoms with Crippen molar-refractivity contribution in [1.29, 1.82) is 0 Å². The molecule has 0 aliphatic carbocycles. The second kappa shape index (κ2) is 9.67. The van der Waals surface area contributed by atoms with Crippen LogP contribution in [-0.4, -0.2) is 11.3 Å². The Hall–Kier alpha value is -3.18. The second-order valence-electron chi connectivity index (χ2n) is 6.42. The molecule has 4 nitrogen and oxygen atoms in total. The highest BCUT2D eigenvalue weighted by molar-refractivity contribution is 7.80. The monoisotopic (exact) mass is 389 g/mol. The average Bonchev–Trinajstić information content (AvgIpc) is 2.71. The van der Waals surface area contributed by atoms with Crippen LogP contribution < -0.4 is 15.5 Å². The normalized spacial score (nSPS) is 10.6. The fraction of sp³-hybridized carbons (Fsp3) is 0.130. The number of rotatable bonds is 6. The molecule has 3 aromatic rings. The maximum atomic E-state index is 5.84. The van der Waals surface area contributed by atoms with Gasteiger partial charge in [-0.3, -0.25) is 5.43 Å². The largest absolute Gasteiger partial charge is 0.489 e. The minimum Gasteiger partial charge on any atom is -0.489 e. The van der Waals surface area contributed by atoms with E-state index in [2.05, 4.69) is 35.8 Å². The van der Waals surface area contributed by atoms with Crippen LogP contribution in [0.5, 0.6) is 5.75 Å². The molecule has 0 fully saturated rings. The highest BCUT2D eigenvalue weighted by atomic mass is 32.1. The zero-order valence-electron chi connectivity index (χ0n) is 16.0. The molecule has 0 unspecified atom stereocenters. The molecule has 0 atom stereocenters. The Morgan fingerprint density at radius 2 is 1.79 bits per heavy atom. The summed E-state index contributed by atoms with van der Waals surface area (Å²) in [7, 11) is 0. The Labute approximate surface area is 171 Å². The number of ether oxygens (including phenoxy) is 1. The van der Waals surface area contributed by atoms with E-state index in [-0.39, 0.29) is 0 Å². The molecule has 0 saturated heterocycles. The molecule has 0 aliphatic heterocycles. The third-order valence-electron chi connectivity index (χ3n) is 4.34. The van der Waals surface area contributed by atoms with E-state index in [9.17, 15) is 0 Å². The summed E-state index contributed by atoms with van der Waals surface area (Å²) in [6.45, 7) is 4.66. The summed E-state index contributed by atoms with van der Waals surface area (Å²) < 4.78 is 5.84. The molecule has 0 heterocycles. The van der Waals surface area contributed by atoms with Crippen molar-refractivity contribution in [3.63, 3.8) is 0 Å². The standard InChI is InChI=1S/C23H23N3OS/c1-17-8-6-13-22(18(17)2)25-23(28)26-24-15-20-11-7-12-21(14-20)27-16-19-9-4-3-5-10-19/h3-15H,16H2,1-2H3,(H2,25,26,28). The predicted molar refractivity (Wildman–Crippen MR) is 120 cm³/mol. The third kappa shape index (κ3) is 5.66. The molecule has 3 rings (SSSR count). The van der Waals surface area contributed by atoms with Gasteiger partial charge in [0.05, 0.1) is 6.21 Å². The molecular weight excluding hydrogens is 366 g/mol. The first-order valence-electron chi connectivity index (χ1n) is 9.05. The van der Waals surface area contributed by atoms with Crippen molar-refractivity contribution in [1.82, 2.24) is 5.43 Å². The van der Waals surface area contributed by atoms with Gasteiger partial charge in [0.25, 0.3) is 0 Å². The van der Waals surface area contributed by atoms with Gasteiger partial charge in [-0.05, 0) is 66.5 Å². The summed E-state index contributed by atoms with van der Waals surface area (Å²) in [5, 5.41) is 7.83. The summed E-state index contributed by atoms with van der Waals surface area (Å²) in [6.07, 6.45) is 1.71. The van der Waals surface area contributed by atoms with Crippen molar-refractivity contribution in [2.45, 2.75) is 20.5 Å². The summed E-state index contributed by atoms with van der Waals surface area (Å²) >= 11 is 5.32. The number of nitrogens with zero attached hydrogens (tertiary/aromatic N) is 1. The van der Waals surface area contributed by atoms with Gasteiger partial charge in [-0.1, -0.05) is 54.6 Å². The lowest BCUT2D eigenvalue weighted by atomic mass is 10.1. The maximum absolute atomic E-state index is 5.84. The highest BCUT2D eigenvalue weighted by Gasteiger charge is 2.02. The molecule has 0 spiro atoms. The van der Waals surface area contributed by atoms with Gasteiger partial charge in [-0.2, -0.15) is 5.10 Å². The van der Waals surface area contributed by atoms with Gasteiger partial charge in [0, 0.05) is 5.69 Å². The first-order chi connectivity index (χ1) is 13.6. The minimum atomic E-state index is 0.446. The van der Waals surface area contributed by atoms with Crippen molar-refractivity contribution in [3.05, 3.63) is 95.1 Å². The minimum absolute atomic E-state index is 0.446. The van der Waals surface area contributed by atoms with E-state index >= 15 is 0 Å². The fourth-order valence-corrected chi connectivity index (χ4v) is 2.79. The van der Waals surface area contributed by atoms with E-state index in [4.69, 9.17) is 17.0 Å². The quantitative estimate of drug-likeness (QED) is 0.345. The Morgan fingerprint density at radius 1 is 1.00 bits per heavy atom. The Kier molecular flexibility index (Phi) is 6.76. The molecule has 0 amide bonds. The zero-order valence-corrected chi connectivity index (χ0v) is 16.8. The van der Waals surface area contributed by atoms with Crippen LogP contribution in [0, 0.1) is 13.8 Å². The first-order valence-corrected chi connectivity index (χ1v) is 9.46. The van der Waals surface area contributed by atoms with E-state index < -0.39 is 0 Å². The number of hydrazone groups is 1. The lowest BCUT2D eigenvalue weighted by Crippen LogP contribution is -2.24. The summed E-state index contributed by atoms with van der Waals surface area (Å²) in [5.74, 6) is 0.795. The van der Waals surface area contributed by atoms with Gasteiger partial charge < -0.3 is 10.1 Å². The third-order valence-corrected chi connectivity index (χ3v) is 4.53. The number of thiocarbonyl (C=S) groups is 1. The van der Waals surface area contributed by atoms with E-state index in [0.29, 0.717) is 11.7 Å². The molecule has 5 heteroatoms.